The molecule has 0 unspecified atom stereocenters. The molecule has 3 heterocycles. The second kappa shape index (κ2) is 7.65. The van der Waals surface area contributed by atoms with Crippen molar-refractivity contribution in [3.8, 4) is 0 Å². The number of carbonyl (C=O) groups is 1. The molecule has 1 N–H and O–H groups in total. The zero-order chi connectivity index (χ0) is 19.9. The van der Waals surface area contributed by atoms with E-state index in [0.717, 1.165) is 38.2 Å². The Morgan fingerprint density at radius 1 is 1.21 bits per heavy atom. The average molecular weight is 398 g/mol. The third kappa shape index (κ3) is 3.65. The number of ether oxygens (including phenoxy) is 1. The normalized spacial score (nSPS) is 28.4. The van der Waals surface area contributed by atoms with Crippen LogP contribution in [0.4, 0.5) is 18.9 Å². The molecule has 28 heavy (non-hydrogen) atoms. The number of aliphatic hydroxyl groups is 1. The number of para-hydroxylation sites is 1. The van der Waals surface area contributed by atoms with E-state index in [9.17, 15) is 23.1 Å². The summed E-state index contributed by atoms with van der Waals surface area (Å²) in [7, 11) is 0. The van der Waals surface area contributed by atoms with Crippen LogP contribution in [0.25, 0.3) is 0 Å². The van der Waals surface area contributed by atoms with Gasteiger partial charge in [0.15, 0.2) is 0 Å². The number of carbonyl (C=O) groups excluding carboxylic acids is 1. The van der Waals surface area contributed by atoms with Gasteiger partial charge in [0.2, 0.25) is 5.91 Å². The molecule has 0 aromatic heterocycles. The van der Waals surface area contributed by atoms with Crippen molar-refractivity contribution in [2.75, 3.05) is 37.8 Å². The Hall–Kier alpha value is -1.64. The minimum Gasteiger partial charge on any atom is -0.395 e. The number of nitrogens with zero attached hydrogens (tertiary/aromatic N) is 2. The Kier molecular flexibility index (Phi) is 5.37. The third-order valence-electron chi connectivity index (χ3n) is 6.29. The number of benzene rings is 1. The summed E-state index contributed by atoms with van der Waals surface area (Å²) in [6.45, 7) is 2.44. The number of hydrogen-bond acceptors (Lipinski definition) is 4. The molecular formula is C20H25F3N2O3. The number of aliphatic hydroxyl groups excluding tert-OH is 1. The van der Waals surface area contributed by atoms with Crippen molar-refractivity contribution in [1.82, 2.24) is 4.90 Å². The molecule has 0 saturated carbocycles. The molecule has 1 aromatic carbocycles. The summed E-state index contributed by atoms with van der Waals surface area (Å²) in [5, 5.41) is 9.98. The van der Waals surface area contributed by atoms with Gasteiger partial charge in [0.05, 0.1) is 6.61 Å². The molecule has 0 aliphatic carbocycles. The van der Waals surface area contributed by atoms with E-state index in [-0.39, 0.29) is 31.2 Å². The summed E-state index contributed by atoms with van der Waals surface area (Å²) in [4.78, 5) is 15.9. The molecule has 2 fully saturated rings. The highest BCUT2D eigenvalue weighted by Gasteiger charge is 2.53. The van der Waals surface area contributed by atoms with Gasteiger partial charge in [-0.3, -0.25) is 9.69 Å². The van der Waals surface area contributed by atoms with E-state index in [1.807, 2.05) is 12.1 Å². The van der Waals surface area contributed by atoms with Crippen LogP contribution < -0.4 is 4.90 Å². The SMILES string of the molecule is O=C(CC(F)(F)F)N1C[C@H]2[C@H](c3ccccc31)[C@@H](CO)N2CC1CCOCC1. The van der Waals surface area contributed by atoms with Gasteiger partial charge in [0.1, 0.15) is 6.42 Å². The lowest BCUT2D eigenvalue weighted by Gasteiger charge is -2.60. The molecule has 0 spiro atoms. The topological polar surface area (TPSA) is 53.0 Å². The zero-order valence-electron chi connectivity index (χ0n) is 15.6. The van der Waals surface area contributed by atoms with E-state index in [2.05, 4.69) is 4.90 Å². The Balaban J connectivity index is 1.58. The van der Waals surface area contributed by atoms with Gasteiger partial charge in [-0.25, -0.2) is 0 Å². The Bertz CT molecular complexity index is 721. The monoisotopic (exact) mass is 398 g/mol. The number of likely N-dealkylation sites (tertiary alicyclic amines) is 1. The number of anilines is 1. The van der Waals surface area contributed by atoms with Crippen LogP contribution in [0.1, 0.15) is 30.7 Å². The van der Waals surface area contributed by atoms with E-state index in [0.29, 0.717) is 11.6 Å². The van der Waals surface area contributed by atoms with Gasteiger partial charge >= 0.3 is 6.18 Å². The molecule has 4 rings (SSSR count). The lowest BCUT2D eigenvalue weighted by Crippen LogP contribution is -2.70. The standard InChI is InChI=1S/C20H25F3N2O3/c21-20(22,23)9-18(27)25-11-16-19(14-3-1-2-4-15(14)25)17(12-26)24(16)10-13-5-7-28-8-6-13/h1-4,13,16-17,19,26H,5-12H2/t16-,17+,19-/m0/s1. The van der Waals surface area contributed by atoms with Gasteiger partial charge in [0, 0.05) is 50.0 Å². The minimum absolute atomic E-state index is 0.00474. The van der Waals surface area contributed by atoms with Crippen LogP contribution in [-0.4, -0.2) is 67.1 Å². The molecule has 0 bridgehead atoms. The van der Waals surface area contributed by atoms with Gasteiger partial charge in [-0.05, 0) is 30.4 Å². The summed E-state index contributed by atoms with van der Waals surface area (Å²) < 4.78 is 43.9. The minimum atomic E-state index is -4.53. The van der Waals surface area contributed by atoms with Gasteiger partial charge in [-0.2, -0.15) is 13.2 Å². The number of rotatable bonds is 4. The van der Waals surface area contributed by atoms with Crippen LogP contribution in [0, 0.1) is 5.92 Å². The quantitative estimate of drug-likeness (QED) is 0.847. The van der Waals surface area contributed by atoms with Gasteiger partial charge < -0.3 is 14.7 Å². The maximum Gasteiger partial charge on any atom is 0.397 e. The van der Waals surface area contributed by atoms with Crippen molar-refractivity contribution in [3.05, 3.63) is 29.8 Å². The summed E-state index contributed by atoms with van der Waals surface area (Å²) in [6.07, 6.45) is -4.10. The molecule has 154 valence electrons. The van der Waals surface area contributed by atoms with Crippen molar-refractivity contribution in [2.45, 2.75) is 43.4 Å². The number of hydrogen-bond donors (Lipinski definition) is 1. The highest BCUT2D eigenvalue weighted by Crippen LogP contribution is 2.49. The van der Waals surface area contributed by atoms with Crippen molar-refractivity contribution in [1.29, 1.82) is 0 Å². The predicted octanol–water partition coefficient (Wildman–Crippen LogP) is 2.54. The van der Waals surface area contributed by atoms with Crippen LogP contribution >= 0.6 is 0 Å². The number of amides is 1. The first-order valence-electron chi connectivity index (χ1n) is 9.79. The first kappa shape index (κ1) is 19.7. The summed E-state index contributed by atoms with van der Waals surface area (Å²) in [5.74, 6) is -0.437. The molecule has 1 amide bonds. The first-order chi connectivity index (χ1) is 13.4. The number of alkyl halides is 3. The predicted molar refractivity (Wildman–Crippen MR) is 97.1 cm³/mol. The van der Waals surface area contributed by atoms with E-state index in [4.69, 9.17) is 4.74 Å². The molecule has 3 aliphatic rings. The van der Waals surface area contributed by atoms with Crippen LogP contribution in [-0.2, 0) is 9.53 Å². The maximum atomic E-state index is 12.8. The molecular weight excluding hydrogens is 373 g/mol. The lowest BCUT2D eigenvalue weighted by atomic mass is 9.71. The summed E-state index contributed by atoms with van der Waals surface area (Å²) in [6, 6.07) is 7.02. The van der Waals surface area contributed by atoms with Crippen LogP contribution in [0.15, 0.2) is 24.3 Å². The fourth-order valence-corrected chi connectivity index (χ4v) is 4.97. The van der Waals surface area contributed by atoms with Crippen molar-refractivity contribution in [3.63, 3.8) is 0 Å². The van der Waals surface area contributed by atoms with Crippen LogP contribution in [0.2, 0.25) is 0 Å². The second-order valence-electron chi connectivity index (χ2n) is 7.95. The third-order valence-corrected chi connectivity index (χ3v) is 6.29. The average Bonchev–Trinajstić information content (AvgIpc) is 2.65. The fourth-order valence-electron chi connectivity index (χ4n) is 4.97. The van der Waals surface area contributed by atoms with Gasteiger partial charge in [-0.1, -0.05) is 18.2 Å². The summed E-state index contributed by atoms with van der Waals surface area (Å²) in [5.41, 5.74) is 1.40. The van der Waals surface area contributed by atoms with Crippen molar-refractivity contribution in [2.24, 2.45) is 5.92 Å². The highest BCUT2D eigenvalue weighted by atomic mass is 19.4. The van der Waals surface area contributed by atoms with E-state index in [1.165, 1.54) is 4.90 Å². The van der Waals surface area contributed by atoms with Crippen molar-refractivity contribution < 1.29 is 27.8 Å². The highest BCUT2D eigenvalue weighted by molar-refractivity contribution is 5.95. The molecule has 3 atom stereocenters. The largest absolute Gasteiger partial charge is 0.397 e. The first-order valence-corrected chi connectivity index (χ1v) is 9.79. The maximum absolute atomic E-state index is 12.8. The molecule has 2 saturated heterocycles. The van der Waals surface area contributed by atoms with Gasteiger partial charge in [-0.15, -0.1) is 0 Å². The van der Waals surface area contributed by atoms with E-state index in [1.54, 1.807) is 12.1 Å². The van der Waals surface area contributed by atoms with Gasteiger partial charge in [0.25, 0.3) is 0 Å². The molecule has 1 aromatic rings. The smallest absolute Gasteiger partial charge is 0.395 e. The zero-order valence-corrected chi connectivity index (χ0v) is 15.6. The fraction of sp³-hybridized carbons (Fsp3) is 0.650. The second-order valence-corrected chi connectivity index (χ2v) is 7.95. The van der Waals surface area contributed by atoms with Crippen molar-refractivity contribution >= 4 is 11.6 Å². The molecule has 0 radical (unpaired) electrons. The molecule has 3 aliphatic heterocycles. The van der Waals surface area contributed by atoms with E-state index < -0.39 is 18.5 Å². The lowest BCUT2D eigenvalue weighted by molar-refractivity contribution is -0.152. The van der Waals surface area contributed by atoms with Crippen LogP contribution in [0.3, 0.4) is 0 Å². The number of fused-ring (bicyclic) bond motifs is 3. The molecule has 5 nitrogen and oxygen atoms in total. The Morgan fingerprint density at radius 3 is 2.61 bits per heavy atom. The Morgan fingerprint density at radius 2 is 1.93 bits per heavy atom. The molecule has 8 heteroatoms. The summed E-state index contributed by atoms with van der Waals surface area (Å²) >= 11 is 0. The number of halogens is 3. The van der Waals surface area contributed by atoms with E-state index >= 15 is 0 Å². The Labute approximate surface area is 162 Å². The van der Waals surface area contributed by atoms with Crippen LogP contribution in [0.5, 0.6) is 0 Å².